The normalized spacial score (nSPS) is 10.1. The minimum Gasteiger partial charge on any atom is -0.479 e. The Bertz CT molecular complexity index is 404. The van der Waals surface area contributed by atoms with E-state index in [-0.39, 0.29) is 0 Å². The smallest absolute Gasteiger partial charge is 0.338 e. The molecule has 0 saturated heterocycles. The monoisotopic (exact) mass is 256 g/mol. The van der Waals surface area contributed by atoms with E-state index in [4.69, 9.17) is 5.11 Å². The summed E-state index contributed by atoms with van der Waals surface area (Å²) in [5.74, 6) is -1.15. The van der Waals surface area contributed by atoms with Crippen LogP contribution in [0.3, 0.4) is 0 Å². The van der Waals surface area contributed by atoms with E-state index < -0.39 is 18.6 Å². The summed E-state index contributed by atoms with van der Waals surface area (Å²) in [7, 11) is 0. The first-order valence-corrected chi connectivity index (χ1v) is 5.46. The molecule has 0 saturated carbocycles. The van der Waals surface area contributed by atoms with Gasteiger partial charge in [-0.1, -0.05) is 0 Å². The average molecular weight is 256 g/mol. The van der Waals surface area contributed by atoms with Crippen molar-refractivity contribution in [2.45, 2.75) is 19.8 Å². The predicted octanol–water partition coefficient (Wildman–Crippen LogP) is -0.0339. The van der Waals surface area contributed by atoms with Crippen molar-refractivity contribution < 1.29 is 19.5 Å². The molecule has 0 aromatic carbocycles. The third-order valence-corrected chi connectivity index (χ3v) is 2.20. The van der Waals surface area contributed by atoms with Gasteiger partial charge in [0.2, 0.25) is 0 Å². The van der Waals surface area contributed by atoms with Crippen LogP contribution in [0.15, 0.2) is 6.20 Å². The molecule has 0 atom stereocenters. The van der Waals surface area contributed by atoms with Crippen molar-refractivity contribution in [1.82, 2.24) is 21.0 Å². The lowest BCUT2D eigenvalue weighted by Crippen LogP contribution is -2.37. The highest BCUT2D eigenvalue weighted by Gasteiger charge is 2.03. The van der Waals surface area contributed by atoms with Gasteiger partial charge in [-0.2, -0.15) is 5.10 Å². The highest BCUT2D eigenvalue weighted by Crippen LogP contribution is 2.04. The van der Waals surface area contributed by atoms with Crippen LogP contribution in [-0.4, -0.2) is 40.5 Å². The van der Waals surface area contributed by atoms with Gasteiger partial charge in [0.05, 0.1) is 6.20 Å². The van der Waals surface area contributed by atoms with E-state index in [1.807, 2.05) is 12.4 Å². The van der Waals surface area contributed by atoms with Crippen molar-refractivity contribution >= 4 is 12.0 Å². The third-order valence-electron chi connectivity index (χ3n) is 2.20. The fraction of sp³-hybridized carbons (Fsp3) is 0.500. The van der Waals surface area contributed by atoms with Gasteiger partial charge in [-0.05, 0) is 25.3 Å². The van der Waals surface area contributed by atoms with E-state index in [0.29, 0.717) is 6.54 Å². The number of rotatable bonds is 7. The molecule has 1 aromatic rings. The van der Waals surface area contributed by atoms with Gasteiger partial charge in [-0.25, -0.2) is 15.1 Å². The summed E-state index contributed by atoms with van der Waals surface area (Å²) in [6.45, 7) is 1.83. The molecule has 4 N–H and O–H groups in total. The van der Waals surface area contributed by atoms with Crippen LogP contribution in [0.2, 0.25) is 0 Å². The summed E-state index contributed by atoms with van der Waals surface area (Å²) >= 11 is 0. The number of aliphatic carboxylic acids is 1. The Balaban J connectivity index is 2.05. The van der Waals surface area contributed by atoms with Crippen LogP contribution >= 0.6 is 0 Å². The fourth-order valence-corrected chi connectivity index (χ4v) is 1.31. The second-order valence-electron chi connectivity index (χ2n) is 3.66. The molecule has 1 rings (SSSR count). The Hall–Kier alpha value is -2.09. The van der Waals surface area contributed by atoms with Gasteiger partial charge in [0, 0.05) is 12.2 Å². The molecular weight excluding hydrogens is 240 g/mol. The molecule has 0 aliphatic carbocycles. The number of hydrogen-bond acceptors (Lipinski definition) is 4. The lowest BCUT2D eigenvalue weighted by atomic mass is 10.1. The molecule has 0 bridgehead atoms. The lowest BCUT2D eigenvalue weighted by molar-refractivity contribution is -0.144. The summed E-state index contributed by atoms with van der Waals surface area (Å²) in [5, 5.41) is 17.5. The highest BCUT2D eigenvalue weighted by atomic mass is 16.7. The molecule has 0 aliphatic rings. The number of nitrogens with one attached hydrogen (secondary N) is 3. The number of urea groups is 1. The zero-order valence-corrected chi connectivity index (χ0v) is 10.0. The van der Waals surface area contributed by atoms with E-state index >= 15 is 0 Å². The Labute approximate surface area is 104 Å². The number of carbonyl (C=O) groups is 2. The van der Waals surface area contributed by atoms with Gasteiger partial charge in [0.15, 0.2) is 6.61 Å². The van der Waals surface area contributed by atoms with Gasteiger partial charge in [-0.3, -0.25) is 9.94 Å². The molecule has 0 unspecified atom stereocenters. The number of carboxylic acids is 1. The quantitative estimate of drug-likeness (QED) is 0.403. The summed E-state index contributed by atoms with van der Waals surface area (Å²) < 4.78 is 0. The summed E-state index contributed by atoms with van der Waals surface area (Å²) in [5.41, 5.74) is 4.10. The van der Waals surface area contributed by atoms with Gasteiger partial charge in [-0.15, -0.1) is 0 Å². The maximum Gasteiger partial charge on any atom is 0.338 e. The Morgan fingerprint density at radius 1 is 1.56 bits per heavy atom. The predicted molar refractivity (Wildman–Crippen MR) is 61.8 cm³/mol. The first-order valence-electron chi connectivity index (χ1n) is 5.46. The summed E-state index contributed by atoms with van der Waals surface area (Å²) in [6, 6.07) is -0.555. The van der Waals surface area contributed by atoms with Crippen LogP contribution in [-0.2, 0) is 16.1 Å². The third kappa shape index (κ3) is 5.30. The number of nitrogens with zero attached hydrogens (tertiary/aromatic N) is 1. The maximum absolute atomic E-state index is 11.1. The van der Waals surface area contributed by atoms with Crippen molar-refractivity contribution in [2.24, 2.45) is 0 Å². The van der Waals surface area contributed by atoms with Gasteiger partial charge >= 0.3 is 12.0 Å². The number of carboxylic acid groups (broad SMARTS) is 1. The SMILES string of the molecule is Cc1[nH]ncc1CCCNC(=O)NOCC(=O)O. The van der Waals surface area contributed by atoms with Crippen molar-refractivity contribution in [2.75, 3.05) is 13.2 Å². The minimum absolute atomic E-state index is 0.465. The molecule has 8 nitrogen and oxygen atoms in total. The maximum atomic E-state index is 11.1. The van der Waals surface area contributed by atoms with Crippen molar-refractivity contribution in [3.05, 3.63) is 17.5 Å². The number of aromatic amines is 1. The number of amides is 2. The Kier molecular flexibility index (Phi) is 5.65. The zero-order chi connectivity index (χ0) is 13.4. The standard InChI is InChI=1S/C10H16N4O4/c1-7-8(5-12-13-7)3-2-4-11-10(17)14-18-6-9(15)16/h5H,2-4,6H2,1H3,(H,12,13)(H,15,16)(H2,11,14,17). The van der Waals surface area contributed by atoms with Gasteiger partial charge < -0.3 is 10.4 Å². The van der Waals surface area contributed by atoms with Crippen LogP contribution in [0.25, 0.3) is 0 Å². The minimum atomic E-state index is -1.15. The second-order valence-corrected chi connectivity index (χ2v) is 3.66. The average Bonchev–Trinajstić information content (AvgIpc) is 2.70. The van der Waals surface area contributed by atoms with Crippen LogP contribution in [0.4, 0.5) is 4.79 Å². The molecule has 18 heavy (non-hydrogen) atoms. The second kappa shape index (κ2) is 7.28. The Morgan fingerprint density at radius 2 is 2.33 bits per heavy atom. The molecule has 8 heteroatoms. The summed E-state index contributed by atoms with van der Waals surface area (Å²) in [6.07, 6.45) is 3.32. The zero-order valence-electron chi connectivity index (χ0n) is 10.0. The van der Waals surface area contributed by atoms with E-state index in [2.05, 4.69) is 20.4 Å². The van der Waals surface area contributed by atoms with E-state index in [0.717, 1.165) is 24.1 Å². The lowest BCUT2D eigenvalue weighted by Gasteiger charge is -2.06. The number of aromatic nitrogens is 2. The molecule has 0 aliphatic heterocycles. The highest BCUT2D eigenvalue weighted by molar-refractivity contribution is 5.73. The van der Waals surface area contributed by atoms with Gasteiger partial charge in [0.25, 0.3) is 0 Å². The number of carbonyl (C=O) groups excluding carboxylic acids is 1. The van der Waals surface area contributed by atoms with Crippen molar-refractivity contribution in [1.29, 1.82) is 0 Å². The number of hydrogen-bond donors (Lipinski definition) is 4. The molecule has 1 aromatic heterocycles. The first-order chi connectivity index (χ1) is 8.59. The van der Waals surface area contributed by atoms with Gasteiger partial charge in [0.1, 0.15) is 0 Å². The number of hydroxylamine groups is 1. The van der Waals surface area contributed by atoms with Crippen LogP contribution in [0, 0.1) is 6.92 Å². The molecular formula is C10H16N4O4. The number of aryl methyl sites for hydroxylation is 2. The van der Waals surface area contributed by atoms with Crippen molar-refractivity contribution in [3.63, 3.8) is 0 Å². The summed E-state index contributed by atoms with van der Waals surface area (Å²) in [4.78, 5) is 25.6. The topological polar surface area (TPSA) is 116 Å². The van der Waals surface area contributed by atoms with Crippen LogP contribution < -0.4 is 10.8 Å². The molecule has 0 fully saturated rings. The van der Waals surface area contributed by atoms with E-state index in [9.17, 15) is 9.59 Å². The van der Waals surface area contributed by atoms with E-state index in [1.165, 1.54) is 0 Å². The Morgan fingerprint density at radius 3 is 2.94 bits per heavy atom. The fourth-order valence-electron chi connectivity index (χ4n) is 1.31. The van der Waals surface area contributed by atoms with Crippen molar-refractivity contribution in [3.8, 4) is 0 Å². The largest absolute Gasteiger partial charge is 0.479 e. The molecule has 0 radical (unpaired) electrons. The molecule has 0 spiro atoms. The number of H-pyrrole nitrogens is 1. The molecule has 2 amide bonds. The molecule has 100 valence electrons. The first kappa shape index (κ1) is 14.0. The van der Waals surface area contributed by atoms with E-state index in [1.54, 1.807) is 6.20 Å². The van der Waals surface area contributed by atoms with Crippen LogP contribution in [0.5, 0.6) is 0 Å². The van der Waals surface area contributed by atoms with Crippen LogP contribution in [0.1, 0.15) is 17.7 Å². The molecule has 1 heterocycles.